The lowest BCUT2D eigenvalue weighted by atomic mass is 10.1. The number of nitrogens with one attached hydrogen (secondary N) is 1. The molecule has 0 unspecified atom stereocenters. The first-order valence-corrected chi connectivity index (χ1v) is 10.2. The summed E-state index contributed by atoms with van der Waals surface area (Å²) in [5.74, 6) is -0.795. The Labute approximate surface area is 165 Å². The molecule has 1 saturated heterocycles. The first kappa shape index (κ1) is 21.3. The summed E-state index contributed by atoms with van der Waals surface area (Å²) in [5, 5.41) is 5.72. The van der Waals surface area contributed by atoms with Crippen LogP contribution in [0.4, 0.5) is 18.9 Å². The second kappa shape index (κ2) is 7.76. The third-order valence-corrected chi connectivity index (χ3v) is 6.56. The lowest BCUT2D eigenvalue weighted by Gasteiger charge is -2.29. The molecule has 0 radical (unpaired) electrons. The highest BCUT2D eigenvalue weighted by atomic mass is 32.2. The monoisotopic (exact) mass is 431 g/mol. The van der Waals surface area contributed by atoms with Crippen molar-refractivity contribution in [2.75, 3.05) is 18.4 Å². The number of hydrogen-bond donors (Lipinski definition) is 2. The zero-order chi connectivity index (χ0) is 21.4. The highest BCUT2D eigenvalue weighted by Gasteiger charge is 2.35. The molecule has 1 aliphatic heterocycles. The van der Waals surface area contributed by atoms with Crippen molar-refractivity contribution in [2.45, 2.75) is 30.0 Å². The van der Waals surface area contributed by atoms with E-state index in [0.29, 0.717) is 32.0 Å². The fourth-order valence-electron chi connectivity index (χ4n) is 2.99. The molecule has 3 N–H and O–H groups in total. The Hall–Kier alpha value is -2.44. The molecule has 12 heteroatoms. The van der Waals surface area contributed by atoms with Gasteiger partial charge in [-0.25, -0.2) is 8.42 Å². The number of anilines is 1. The lowest BCUT2D eigenvalue weighted by Crippen LogP contribution is -2.42. The summed E-state index contributed by atoms with van der Waals surface area (Å²) < 4.78 is 65.7. The summed E-state index contributed by atoms with van der Waals surface area (Å²) >= 11 is 0. The predicted octanol–water partition coefficient (Wildman–Crippen LogP) is 1.80. The number of nitrogens with two attached hydrogens (primary N) is 1. The number of rotatable bonds is 4. The van der Waals surface area contributed by atoms with Crippen LogP contribution in [0.3, 0.4) is 0 Å². The molecule has 158 valence electrons. The summed E-state index contributed by atoms with van der Waals surface area (Å²) in [6.07, 6.45) is -3.50. The summed E-state index contributed by atoms with van der Waals surface area (Å²) in [5.41, 5.74) is 4.59. The fraction of sp³-hybridized carbons (Fsp3) is 0.412. The van der Waals surface area contributed by atoms with Crippen LogP contribution in [-0.4, -0.2) is 47.5 Å². The van der Waals surface area contributed by atoms with Crippen molar-refractivity contribution in [3.63, 3.8) is 0 Å². The number of sulfonamides is 1. The second-order valence-corrected chi connectivity index (χ2v) is 8.69. The van der Waals surface area contributed by atoms with Crippen molar-refractivity contribution in [2.24, 2.45) is 12.8 Å². The van der Waals surface area contributed by atoms with Gasteiger partial charge in [0.2, 0.25) is 10.0 Å². The Morgan fingerprint density at radius 2 is 1.79 bits per heavy atom. The largest absolute Gasteiger partial charge is 0.435 e. The van der Waals surface area contributed by atoms with Crippen molar-refractivity contribution < 1.29 is 26.4 Å². The van der Waals surface area contributed by atoms with Crippen LogP contribution < -0.4 is 11.1 Å². The molecule has 8 nitrogen and oxygen atoms in total. The van der Waals surface area contributed by atoms with Gasteiger partial charge in [-0.15, -0.1) is 0 Å². The third-order valence-electron chi connectivity index (χ3n) is 4.65. The molecular formula is C17H20F3N5O3S. The molecule has 2 aromatic rings. The number of aryl methyl sites for hydroxylation is 1. The Bertz CT molecular complexity index is 994. The minimum atomic E-state index is -4.66. The van der Waals surface area contributed by atoms with Crippen LogP contribution in [0.2, 0.25) is 0 Å². The molecule has 1 aromatic heterocycles. The van der Waals surface area contributed by atoms with Crippen LogP contribution in [-0.2, 0) is 23.2 Å². The Morgan fingerprint density at radius 1 is 1.21 bits per heavy atom. The molecular weight excluding hydrogens is 411 g/mol. The molecule has 0 bridgehead atoms. The summed E-state index contributed by atoms with van der Waals surface area (Å²) in [6, 6.07) is 6.07. The van der Waals surface area contributed by atoms with Gasteiger partial charge in [-0.1, -0.05) is 0 Å². The average molecular weight is 431 g/mol. The molecule has 3 rings (SSSR count). The fourth-order valence-corrected chi connectivity index (χ4v) is 4.46. The van der Waals surface area contributed by atoms with Crippen LogP contribution in [0, 0.1) is 0 Å². The second-order valence-electron chi connectivity index (χ2n) is 6.76. The van der Waals surface area contributed by atoms with Gasteiger partial charge in [0.15, 0.2) is 5.69 Å². The van der Waals surface area contributed by atoms with Crippen molar-refractivity contribution in [3.8, 4) is 0 Å². The van der Waals surface area contributed by atoms with Gasteiger partial charge < -0.3 is 11.1 Å². The number of nitrogens with zero attached hydrogens (tertiary/aromatic N) is 3. The van der Waals surface area contributed by atoms with Crippen LogP contribution in [0.25, 0.3) is 0 Å². The van der Waals surface area contributed by atoms with E-state index >= 15 is 0 Å². The van der Waals surface area contributed by atoms with E-state index in [2.05, 4.69) is 10.4 Å². The van der Waals surface area contributed by atoms with E-state index in [-0.39, 0.29) is 22.3 Å². The molecule has 0 spiro atoms. The number of benzene rings is 1. The maximum Gasteiger partial charge on any atom is 0.435 e. The van der Waals surface area contributed by atoms with Crippen molar-refractivity contribution in [1.82, 2.24) is 14.1 Å². The van der Waals surface area contributed by atoms with E-state index in [1.807, 2.05) is 0 Å². The predicted molar refractivity (Wildman–Crippen MR) is 98.6 cm³/mol. The summed E-state index contributed by atoms with van der Waals surface area (Å²) in [7, 11) is -2.45. The summed E-state index contributed by atoms with van der Waals surface area (Å²) in [4.78, 5) is 12.3. The molecule has 1 fully saturated rings. The Kier molecular flexibility index (Phi) is 5.70. The van der Waals surface area contributed by atoms with Crippen LogP contribution in [0.1, 0.15) is 29.0 Å². The van der Waals surface area contributed by atoms with Crippen molar-refractivity contribution >= 4 is 21.6 Å². The van der Waals surface area contributed by atoms with Gasteiger partial charge in [0, 0.05) is 37.9 Å². The zero-order valence-corrected chi connectivity index (χ0v) is 16.3. The summed E-state index contributed by atoms with van der Waals surface area (Å²) in [6.45, 7) is 0.675. The van der Waals surface area contributed by atoms with E-state index in [4.69, 9.17) is 5.73 Å². The van der Waals surface area contributed by atoms with Crippen LogP contribution >= 0.6 is 0 Å². The number of piperidine rings is 1. The number of amides is 1. The SMILES string of the molecule is Cn1nc(C(F)(F)F)cc1C(=O)Nc1ccc(S(=O)(=O)N2CCC(N)CC2)cc1. The maximum absolute atomic E-state index is 12.7. The van der Waals surface area contributed by atoms with Crippen molar-refractivity contribution in [3.05, 3.63) is 41.7 Å². The number of aromatic nitrogens is 2. The third kappa shape index (κ3) is 4.60. The van der Waals surface area contributed by atoms with E-state index < -0.39 is 27.8 Å². The molecule has 1 aliphatic rings. The normalized spacial score (nSPS) is 16.7. The van der Waals surface area contributed by atoms with E-state index in [1.54, 1.807) is 0 Å². The molecule has 29 heavy (non-hydrogen) atoms. The maximum atomic E-state index is 12.7. The number of alkyl halides is 3. The Morgan fingerprint density at radius 3 is 2.31 bits per heavy atom. The van der Waals surface area contributed by atoms with Gasteiger partial charge in [-0.3, -0.25) is 9.48 Å². The van der Waals surface area contributed by atoms with Crippen LogP contribution in [0.15, 0.2) is 35.2 Å². The number of halogens is 3. The average Bonchev–Trinajstić information content (AvgIpc) is 3.05. The van der Waals surface area contributed by atoms with Gasteiger partial charge >= 0.3 is 6.18 Å². The zero-order valence-electron chi connectivity index (χ0n) is 15.5. The molecule has 1 aromatic carbocycles. The highest BCUT2D eigenvalue weighted by Crippen LogP contribution is 2.28. The van der Waals surface area contributed by atoms with Crippen LogP contribution in [0.5, 0.6) is 0 Å². The van der Waals surface area contributed by atoms with E-state index in [1.165, 1.54) is 35.6 Å². The molecule has 0 aliphatic carbocycles. The van der Waals surface area contributed by atoms with Gasteiger partial charge in [-0.2, -0.15) is 22.6 Å². The highest BCUT2D eigenvalue weighted by molar-refractivity contribution is 7.89. The van der Waals surface area contributed by atoms with Gasteiger partial charge in [-0.05, 0) is 37.1 Å². The molecule has 0 saturated carbocycles. The standard InChI is InChI=1S/C17H20F3N5O3S/c1-24-14(10-15(23-24)17(18,19)20)16(26)22-12-2-4-13(5-3-12)29(27,28)25-8-6-11(21)7-9-25/h2-5,10-11H,6-9,21H2,1H3,(H,22,26). The van der Waals surface area contributed by atoms with Gasteiger partial charge in [0.25, 0.3) is 5.91 Å². The molecule has 1 amide bonds. The van der Waals surface area contributed by atoms with Gasteiger partial charge in [0.05, 0.1) is 4.90 Å². The lowest BCUT2D eigenvalue weighted by molar-refractivity contribution is -0.141. The topological polar surface area (TPSA) is 110 Å². The van der Waals surface area contributed by atoms with Gasteiger partial charge in [0.1, 0.15) is 5.69 Å². The quantitative estimate of drug-likeness (QED) is 0.767. The molecule has 2 heterocycles. The minimum absolute atomic E-state index is 0.0103. The number of carbonyl (C=O) groups is 1. The van der Waals surface area contributed by atoms with E-state index in [9.17, 15) is 26.4 Å². The smallest absolute Gasteiger partial charge is 0.328 e. The number of hydrogen-bond acceptors (Lipinski definition) is 5. The van der Waals surface area contributed by atoms with Crippen molar-refractivity contribution in [1.29, 1.82) is 0 Å². The molecule has 0 atom stereocenters. The Balaban J connectivity index is 1.72. The minimum Gasteiger partial charge on any atom is -0.328 e. The first-order chi connectivity index (χ1) is 13.5. The van der Waals surface area contributed by atoms with E-state index in [0.717, 1.165) is 4.68 Å². The number of carbonyl (C=O) groups excluding carboxylic acids is 1. The first-order valence-electron chi connectivity index (χ1n) is 8.77.